The molecule has 3 aliphatic heterocycles. The molecular weight excluding hydrogens is 308 g/mol. The molecule has 0 atom stereocenters. The van der Waals surface area contributed by atoms with E-state index in [0.29, 0.717) is 0 Å². The molecule has 0 saturated carbocycles. The molecule has 1 aromatic carbocycles. The molecule has 3 nitrogen and oxygen atoms in total. The molecule has 2 fully saturated rings. The van der Waals surface area contributed by atoms with Crippen LogP contribution in [0.5, 0.6) is 0 Å². The van der Waals surface area contributed by atoms with Gasteiger partial charge in [0.2, 0.25) is 0 Å². The summed E-state index contributed by atoms with van der Waals surface area (Å²) in [6.45, 7) is 5.30. The standard InChI is InChI=1S/C22H30N2O/c1-2-6-19(7-3-1)18-24-14-9-20(10-15-24)22(11-16-25-17-12-22)21-8-4-5-13-23-21/h1-3,6-8,13,20H,4-5,9-12,14-18H2. The zero-order valence-electron chi connectivity index (χ0n) is 15.2. The zero-order chi connectivity index (χ0) is 17.0. The van der Waals surface area contributed by atoms with Gasteiger partial charge in [0, 0.05) is 37.1 Å². The second kappa shape index (κ2) is 7.84. The molecule has 3 heteroatoms. The minimum atomic E-state index is 0.272. The Morgan fingerprint density at radius 2 is 1.80 bits per heavy atom. The number of hydrogen-bond acceptors (Lipinski definition) is 3. The summed E-state index contributed by atoms with van der Waals surface area (Å²) in [5, 5.41) is 0. The lowest BCUT2D eigenvalue weighted by Gasteiger charge is -2.47. The van der Waals surface area contributed by atoms with Gasteiger partial charge < -0.3 is 4.74 Å². The van der Waals surface area contributed by atoms with Crippen molar-refractivity contribution in [3.8, 4) is 0 Å². The fourth-order valence-corrected chi connectivity index (χ4v) is 4.94. The van der Waals surface area contributed by atoms with E-state index in [0.717, 1.165) is 51.4 Å². The number of nitrogens with zero attached hydrogens (tertiary/aromatic N) is 2. The Bertz CT molecular complexity index is 608. The van der Waals surface area contributed by atoms with Crippen molar-refractivity contribution in [1.29, 1.82) is 0 Å². The first-order valence-corrected chi connectivity index (χ1v) is 9.94. The first kappa shape index (κ1) is 17.0. The third-order valence-corrected chi connectivity index (χ3v) is 6.38. The van der Waals surface area contributed by atoms with Crippen LogP contribution in [-0.2, 0) is 11.3 Å². The molecule has 134 valence electrons. The van der Waals surface area contributed by atoms with E-state index in [1.807, 2.05) is 0 Å². The van der Waals surface area contributed by atoms with Crippen LogP contribution in [0.3, 0.4) is 0 Å². The third-order valence-electron chi connectivity index (χ3n) is 6.38. The fourth-order valence-electron chi connectivity index (χ4n) is 4.94. The Hall–Kier alpha value is -1.45. The molecule has 3 heterocycles. The van der Waals surface area contributed by atoms with Crippen LogP contribution in [0.15, 0.2) is 47.1 Å². The number of aliphatic imine (C=N–C) groups is 1. The highest BCUT2D eigenvalue weighted by atomic mass is 16.5. The Balaban J connectivity index is 1.43. The molecule has 2 saturated heterocycles. The SMILES string of the molecule is C1=NC(C2(C3CCN(Cc4ccccc4)CC3)CCOCC2)=CCC1. The van der Waals surface area contributed by atoms with Gasteiger partial charge in [0.05, 0.1) is 0 Å². The molecule has 25 heavy (non-hydrogen) atoms. The van der Waals surface area contributed by atoms with Crippen LogP contribution in [0.4, 0.5) is 0 Å². The minimum Gasteiger partial charge on any atom is -0.381 e. The highest BCUT2D eigenvalue weighted by Crippen LogP contribution is 2.49. The van der Waals surface area contributed by atoms with Gasteiger partial charge in [-0.05, 0) is 63.1 Å². The van der Waals surface area contributed by atoms with Crippen molar-refractivity contribution < 1.29 is 4.74 Å². The predicted molar refractivity (Wildman–Crippen MR) is 103 cm³/mol. The topological polar surface area (TPSA) is 24.8 Å². The van der Waals surface area contributed by atoms with Crippen molar-refractivity contribution in [1.82, 2.24) is 4.90 Å². The van der Waals surface area contributed by atoms with Gasteiger partial charge in [0.1, 0.15) is 0 Å². The molecule has 0 N–H and O–H groups in total. The van der Waals surface area contributed by atoms with Gasteiger partial charge in [-0.25, -0.2) is 0 Å². The quantitative estimate of drug-likeness (QED) is 0.810. The third kappa shape index (κ3) is 3.73. The van der Waals surface area contributed by atoms with Crippen molar-refractivity contribution in [3.05, 3.63) is 47.7 Å². The molecule has 0 aromatic heterocycles. The van der Waals surface area contributed by atoms with Gasteiger partial charge in [0.25, 0.3) is 0 Å². The van der Waals surface area contributed by atoms with Crippen molar-refractivity contribution in [2.75, 3.05) is 26.3 Å². The van der Waals surface area contributed by atoms with Gasteiger partial charge >= 0.3 is 0 Å². The van der Waals surface area contributed by atoms with E-state index in [1.54, 1.807) is 0 Å². The average Bonchev–Trinajstić information content (AvgIpc) is 2.70. The molecule has 4 rings (SSSR count). The van der Waals surface area contributed by atoms with Gasteiger partial charge in [-0.15, -0.1) is 0 Å². The van der Waals surface area contributed by atoms with Crippen LogP contribution in [0, 0.1) is 11.3 Å². The van der Waals surface area contributed by atoms with E-state index >= 15 is 0 Å². The Morgan fingerprint density at radius 1 is 1.04 bits per heavy atom. The first-order chi connectivity index (χ1) is 12.4. The van der Waals surface area contributed by atoms with Crippen LogP contribution >= 0.6 is 0 Å². The van der Waals surface area contributed by atoms with Crippen LogP contribution in [-0.4, -0.2) is 37.4 Å². The lowest BCUT2D eigenvalue weighted by molar-refractivity contribution is -0.0166. The van der Waals surface area contributed by atoms with Crippen molar-refractivity contribution in [2.45, 2.75) is 45.1 Å². The normalized spacial score (nSPS) is 24.9. The summed E-state index contributed by atoms with van der Waals surface area (Å²) < 4.78 is 5.72. The molecule has 0 aliphatic carbocycles. The molecule has 3 aliphatic rings. The molecule has 0 amide bonds. The summed E-state index contributed by atoms with van der Waals surface area (Å²) >= 11 is 0. The molecular formula is C22H30N2O. The highest BCUT2D eigenvalue weighted by molar-refractivity contribution is 5.61. The van der Waals surface area contributed by atoms with Crippen LogP contribution in [0.25, 0.3) is 0 Å². The largest absolute Gasteiger partial charge is 0.381 e. The lowest BCUT2D eigenvalue weighted by atomic mass is 9.64. The number of allylic oxidation sites excluding steroid dienone is 2. The monoisotopic (exact) mass is 338 g/mol. The lowest BCUT2D eigenvalue weighted by Crippen LogP contribution is -2.44. The maximum Gasteiger partial charge on any atom is 0.0475 e. The van der Waals surface area contributed by atoms with E-state index in [4.69, 9.17) is 9.73 Å². The maximum absolute atomic E-state index is 5.72. The summed E-state index contributed by atoms with van der Waals surface area (Å²) in [5.74, 6) is 0.755. The van der Waals surface area contributed by atoms with E-state index in [-0.39, 0.29) is 5.41 Å². The Morgan fingerprint density at radius 3 is 2.48 bits per heavy atom. The highest BCUT2D eigenvalue weighted by Gasteiger charge is 2.44. The zero-order valence-corrected chi connectivity index (χ0v) is 15.2. The Kier molecular flexibility index (Phi) is 5.33. The van der Waals surface area contributed by atoms with E-state index in [2.05, 4.69) is 47.5 Å². The number of hydrogen-bond donors (Lipinski definition) is 0. The summed E-state index contributed by atoms with van der Waals surface area (Å²) in [4.78, 5) is 7.48. The van der Waals surface area contributed by atoms with Crippen LogP contribution < -0.4 is 0 Å². The summed E-state index contributed by atoms with van der Waals surface area (Å²) in [5.41, 5.74) is 3.08. The molecule has 0 spiro atoms. The first-order valence-electron chi connectivity index (χ1n) is 9.94. The molecule has 0 bridgehead atoms. The Labute approximate surface area is 151 Å². The molecule has 0 unspecified atom stereocenters. The van der Waals surface area contributed by atoms with Crippen LogP contribution in [0.1, 0.15) is 44.1 Å². The average molecular weight is 338 g/mol. The molecule has 0 radical (unpaired) electrons. The van der Waals surface area contributed by atoms with Crippen molar-refractivity contribution in [2.24, 2.45) is 16.3 Å². The van der Waals surface area contributed by atoms with Crippen molar-refractivity contribution in [3.63, 3.8) is 0 Å². The smallest absolute Gasteiger partial charge is 0.0475 e. The van der Waals surface area contributed by atoms with Gasteiger partial charge in [-0.2, -0.15) is 0 Å². The number of likely N-dealkylation sites (tertiary alicyclic amines) is 1. The maximum atomic E-state index is 5.72. The summed E-state index contributed by atoms with van der Waals surface area (Å²) in [7, 11) is 0. The van der Waals surface area contributed by atoms with Gasteiger partial charge in [0.15, 0.2) is 0 Å². The van der Waals surface area contributed by atoms with Gasteiger partial charge in [-0.3, -0.25) is 9.89 Å². The number of ether oxygens (including phenoxy) is 1. The summed E-state index contributed by atoms with van der Waals surface area (Å²) in [6, 6.07) is 10.9. The summed E-state index contributed by atoms with van der Waals surface area (Å²) in [6.07, 6.45) is 11.7. The fraction of sp³-hybridized carbons (Fsp3) is 0.591. The van der Waals surface area contributed by atoms with Gasteiger partial charge in [-0.1, -0.05) is 36.4 Å². The number of rotatable bonds is 4. The van der Waals surface area contributed by atoms with E-state index in [1.165, 1.54) is 37.2 Å². The van der Waals surface area contributed by atoms with Crippen LogP contribution in [0.2, 0.25) is 0 Å². The van der Waals surface area contributed by atoms with E-state index < -0.39 is 0 Å². The second-order valence-corrected chi connectivity index (χ2v) is 7.78. The van der Waals surface area contributed by atoms with Crippen molar-refractivity contribution >= 4 is 6.21 Å². The number of piperidine rings is 1. The molecule has 1 aromatic rings. The van der Waals surface area contributed by atoms with E-state index in [9.17, 15) is 0 Å². The number of benzene rings is 1. The minimum absolute atomic E-state index is 0.272. The predicted octanol–water partition coefficient (Wildman–Crippen LogP) is 4.44. The second-order valence-electron chi connectivity index (χ2n) is 7.78.